The van der Waals surface area contributed by atoms with Crippen LogP contribution in [-0.2, 0) is 12.3 Å². The van der Waals surface area contributed by atoms with Gasteiger partial charge in [-0.25, -0.2) is 0 Å². The molecule has 5 nitrogen and oxygen atoms in total. The standard InChI is InChI=1S/C15H16N4OS2/c1-10-13(11(2)20-19-10)9-21-15-18-17-14(22-15)16-8-12-6-4-3-5-7-12/h3-7H,8-9H2,1-2H3,(H,16,17). The van der Waals surface area contributed by atoms with Crippen LogP contribution in [0.15, 0.2) is 39.2 Å². The van der Waals surface area contributed by atoms with Crippen LogP contribution in [0.5, 0.6) is 0 Å². The van der Waals surface area contributed by atoms with E-state index in [2.05, 4.69) is 32.8 Å². The first-order valence-corrected chi connectivity index (χ1v) is 8.68. The highest BCUT2D eigenvalue weighted by molar-refractivity contribution is 8.00. The second-order valence-corrected chi connectivity index (χ2v) is 7.00. The molecule has 0 saturated carbocycles. The summed E-state index contributed by atoms with van der Waals surface area (Å²) >= 11 is 3.22. The van der Waals surface area contributed by atoms with Gasteiger partial charge in [-0.1, -0.05) is 58.6 Å². The average Bonchev–Trinajstić information content (AvgIpc) is 3.12. The van der Waals surface area contributed by atoms with E-state index in [1.807, 2.05) is 32.0 Å². The zero-order valence-corrected chi connectivity index (χ0v) is 14.0. The second-order valence-electron chi connectivity index (χ2n) is 4.80. The Kier molecular flexibility index (Phi) is 4.74. The van der Waals surface area contributed by atoms with Gasteiger partial charge in [0, 0.05) is 17.9 Å². The molecule has 0 bridgehead atoms. The fourth-order valence-electron chi connectivity index (χ4n) is 1.95. The van der Waals surface area contributed by atoms with Crippen molar-refractivity contribution in [3.63, 3.8) is 0 Å². The highest BCUT2D eigenvalue weighted by Gasteiger charge is 2.11. The summed E-state index contributed by atoms with van der Waals surface area (Å²) in [6.07, 6.45) is 0. The second kappa shape index (κ2) is 6.93. The number of aromatic nitrogens is 3. The van der Waals surface area contributed by atoms with Crippen molar-refractivity contribution in [1.82, 2.24) is 15.4 Å². The number of nitrogens with zero attached hydrogens (tertiary/aromatic N) is 3. The minimum Gasteiger partial charge on any atom is -0.361 e. The lowest BCUT2D eigenvalue weighted by atomic mass is 10.2. The van der Waals surface area contributed by atoms with E-state index in [0.717, 1.165) is 38.8 Å². The van der Waals surface area contributed by atoms with Gasteiger partial charge >= 0.3 is 0 Å². The van der Waals surface area contributed by atoms with Crippen molar-refractivity contribution in [3.8, 4) is 0 Å². The van der Waals surface area contributed by atoms with Crippen LogP contribution in [-0.4, -0.2) is 15.4 Å². The van der Waals surface area contributed by atoms with Crippen LogP contribution in [0.3, 0.4) is 0 Å². The smallest absolute Gasteiger partial charge is 0.206 e. The van der Waals surface area contributed by atoms with E-state index in [4.69, 9.17) is 4.52 Å². The third kappa shape index (κ3) is 3.66. The molecule has 0 aliphatic rings. The van der Waals surface area contributed by atoms with Gasteiger partial charge in [-0.15, -0.1) is 10.2 Å². The molecule has 0 amide bonds. The first-order valence-electron chi connectivity index (χ1n) is 6.88. The predicted octanol–water partition coefficient (Wildman–Crippen LogP) is 4.05. The van der Waals surface area contributed by atoms with Gasteiger partial charge in [0.25, 0.3) is 0 Å². The van der Waals surface area contributed by atoms with Gasteiger partial charge in [0.1, 0.15) is 5.76 Å². The van der Waals surface area contributed by atoms with Crippen LogP contribution in [0.1, 0.15) is 22.6 Å². The van der Waals surface area contributed by atoms with E-state index in [9.17, 15) is 0 Å². The zero-order chi connectivity index (χ0) is 15.4. The molecule has 1 N–H and O–H groups in total. The van der Waals surface area contributed by atoms with Crippen molar-refractivity contribution >= 4 is 28.2 Å². The zero-order valence-electron chi connectivity index (χ0n) is 12.4. The minimum absolute atomic E-state index is 0.754. The number of nitrogens with one attached hydrogen (secondary N) is 1. The minimum atomic E-state index is 0.754. The van der Waals surface area contributed by atoms with Crippen LogP contribution in [0.4, 0.5) is 5.13 Å². The SMILES string of the molecule is Cc1noc(C)c1CSc1nnc(NCc2ccccc2)s1. The molecule has 0 spiro atoms. The van der Waals surface area contributed by atoms with E-state index in [0.29, 0.717) is 0 Å². The molecule has 0 unspecified atom stereocenters. The first-order chi connectivity index (χ1) is 10.7. The maximum Gasteiger partial charge on any atom is 0.206 e. The number of hydrogen-bond donors (Lipinski definition) is 1. The summed E-state index contributed by atoms with van der Waals surface area (Å²) in [5.41, 5.74) is 3.30. The molecule has 0 aliphatic carbocycles. The Bertz CT molecular complexity index is 720. The van der Waals surface area contributed by atoms with E-state index in [1.54, 1.807) is 23.1 Å². The molecule has 0 fully saturated rings. The van der Waals surface area contributed by atoms with Gasteiger partial charge in [-0.3, -0.25) is 0 Å². The normalized spacial score (nSPS) is 10.8. The van der Waals surface area contributed by atoms with Crippen LogP contribution >= 0.6 is 23.1 Å². The fourth-order valence-corrected chi connectivity index (χ4v) is 3.86. The van der Waals surface area contributed by atoms with Crippen molar-refractivity contribution in [3.05, 3.63) is 52.9 Å². The van der Waals surface area contributed by atoms with Gasteiger partial charge < -0.3 is 9.84 Å². The Morgan fingerprint density at radius 1 is 1.18 bits per heavy atom. The maximum atomic E-state index is 5.17. The quantitative estimate of drug-likeness (QED) is 0.687. The predicted molar refractivity (Wildman–Crippen MR) is 89.2 cm³/mol. The Labute approximate surface area is 137 Å². The van der Waals surface area contributed by atoms with Gasteiger partial charge in [0.15, 0.2) is 4.34 Å². The summed E-state index contributed by atoms with van der Waals surface area (Å²) in [5, 5.41) is 16.5. The summed E-state index contributed by atoms with van der Waals surface area (Å²) in [5.74, 6) is 1.67. The summed E-state index contributed by atoms with van der Waals surface area (Å²) < 4.78 is 6.11. The molecule has 0 saturated heterocycles. The molecule has 3 aromatic rings. The van der Waals surface area contributed by atoms with Crippen LogP contribution in [0.25, 0.3) is 0 Å². The Morgan fingerprint density at radius 2 is 2.00 bits per heavy atom. The number of hydrogen-bond acceptors (Lipinski definition) is 7. The number of anilines is 1. The van der Waals surface area contributed by atoms with Gasteiger partial charge in [0.05, 0.1) is 5.69 Å². The third-order valence-corrected chi connectivity index (χ3v) is 5.25. The lowest BCUT2D eigenvalue weighted by molar-refractivity contribution is 0.392. The average molecular weight is 332 g/mol. The highest BCUT2D eigenvalue weighted by Crippen LogP contribution is 2.30. The van der Waals surface area contributed by atoms with Gasteiger partial charge in [-0.2, -0.15) is 0 Å². The third-order valence-electron chi connectivity index (χ3n) is 3.21. The van der Waals surface area contributed by atoms with Crippen molar-refractivity contribution in [2.45, 2.75) is 30.5 Å². The fraction of sp³-hybridized carbons (Fsp3) is 0.267. The van der Waals surface area contributed by atoms with Gasteiger partial charge in [0.2, 0.25) is 5.13 Å². The lowest BCUT2D eigenvalue weighted by Gasteiger charge is -2.01. The van der Waals surface area contributed by atoms with Crippen LogP contribution in [0.2, 0.25) is 0 Å². The Balaban J connectivity index is 1.55. The molecule has 3 rings (SSSR count). The molecular formula is C15H16N4OS2. The molecule has 0 aliphatic heterocycles. The Hall–Kier alpha value is -1.86. The lowest BCUT2D eigenvalue weighted by Crippen LogP contribution is -1.98. The molecule has 2 aromatic heterocycles. The monoisotopic (exact) mass is 332 g/mol. The number of rotatable bonds is 6. The van der Waals surface area contributed by atoms with E-state index < -0.39 is 0 Å². The van der Waals surface area contributed by atoms with Gasteiger partial charge in [-0.05, 0) is 19.4 Å². The molecular weight excluding hydrogens is 316 g/mol. The van der Waals surface area contributed by atoms with Crippen molar-refractivity contribution in [2.75, 3.05) is 5.32 Å². The number of benzene rings is 1. The van der Waals surface area contributed by atoms with Crippen molar-refractivity contribution in [1.29, 1.82) is 0 Å². The number of thioether (sulfide) groups is 1. The molecule has 7 heteroatoms. The van der Waals surface area contributed by atoms with Crippen LogP contribution in [0, 0.1) is 13.8 Å². The molecule has 1 aromatic carbocycles. The molecule has 22 heavy (non-hydrogen) atoms. The van der Waals surface area contributed by atoms with Crippen molar-refractivity contribution < 1.29 is 4.52 Å². The van der Waals surface area contributed by atoms with E-state index in [-0.39, 0.29) is 0 Å². The Morgan fingerprint density at radius 3 is 2.73 bits per heavy atom. The summed E-state index contributed by atoms with van der Waals surface area (Å²) in [4.78, 5) is 0. The largest absolute Gasteiger partial charge is 0.361 e. The summed E-state index contributed by atoms with van der Waals surface area (Å²) in [7, 11) is 0. The van der Waals surface area contributed by atoms with E-state index in [1.165, 1.54) is 5.56 Å². The molecule has 0 radical (unpaired) electrons. The molecule has 0 atom stereocenters. The summed E-state index contributed by atoms with van der Waals surface area (Å²) in [6.45, 7) is 4.65. The molecule has 2 heterocycles. The number of aryl methyl sites for hydroxylation is 2. The highest BCUT2D eigenvalue weighted by atomic mass is 32.2. The van der Waals surface area contributed by atoms with Crippen LogP contribution < -0.4 is 5.32 Å². The van der Waals surface area contributed by atoms with Crippen molar-refractivity contribution in [2.24, 2.45) is 0 Å². The topological polar surface area (TPSA) is 63.8 Å². The maximum absolute atomic E-state index is 5.17. The first kappa shape index (κ1) is 15.1. The molecule has 114 valence electrons. The van der Waals surface area contributed by atoms with E-state index >= 15 is 0 Å². The summed E-state index contributed by atoms with van der Waals surface area (Å²) in [6, 6.07) is 10.2.